The largest absolute Gasteiger partial charge is 0.356 e. The van der Waals surface area contributed by atoms with Gasteiger partial charge < -0.3 is 10.6 Å². The predicted octanol–water partition coefficient (Wildman–Crippen LogP) is -0.0529. The van der Waals surface area contributed by atoms with Crippen LogP contribution < -0.4 is 10.6 Å². The average Bonchev–Trinajstić information content (AvgIpc) is 2.00. The van der Waals surface area contributed by atoms with Gasteiger partial charge in [-0.05, 0) is 6.42 Å². The lowest BCUT2D eigenvalue weighted by atomic mass is 10.3. The van der Waals surface area contributed by atoms with Crippen LogP contribution in [0.25, 0.3) is 0 Å². The second kappa shape index (κ2) is 6.77. The van der Waals surface area contributed by atoms with Gasteiger partial charge in [-0.2, -0.15) is 12.6 Å². The zero-order valence-electron chi connectivity index (χ0n) is 7.96. The summed E-state index contributed by atoms with van der Waals surface area (Å²) in [6.07, 6.45) is 0.753. The van der Waals surface area contributed by atoms with Gasteiger partial charge in [0.05, 0.1) is 0 Å². The predicted molar refractivity (Wildman–Crippen MR) is 54.8 cm³/mol. The molecule has 0 aromatic heterocycles. The Hall–Kier alpha value is -0.710. The number of carbonyl (C=O) groups excluding carboxylic acids is 2. The van der Waals surface area contributed by atoms with E-state index in [4.69, 9.17) is 0 Å². The van der Waals surface area contributed by atoms with Gasteiger partial charge >= 0.3 is 0 Å². The summed E-state index contributed by atoms with van der Waals surface area (Å²) < 4.78 is 0. The van der Waals surface area contributed by atoms with E-state index in [1.54, 1.807) is 0 Å². The fraction of sp³-hybridized carbons (Fsp3) is 0.750. The molecule has 0 aromatic rings. The number of rotatable bonds is 5. The molecule has 0 aromatic carbocycles. The van der Waals surface area contributed by atoms with E-state index in [-0.39, 0.29) is 17.1 Å². The number of nitrogens with one attached hydrogen (secondary N) is 2. The first-order valence-corrected chi connectivity index (χ1v) is 4.71. The maximum absolute atomic E-state index is 10.5. The summed E-state index contributed by atoms with van der Waals surface area (Å²) >= 11 is 4.24. The van der Waals surface area contributed by atoms with Gasteiger partial charge in [0.2, 0.25) is 11.8 Å². The molecule has 0 aliphatic rings. The van der Waals surface area contributed by atoms with Crippen molar-refractivity contribution in [2.45, 2.75) is 25.5 Å². The third kappa shape index (κ3) is 9.20. The quantitative estimate of drug-likeness (QED) is 0.550. The summed E-state index contributed by atoms with van der Waals surface area (Å²) in [4.78, 5) is 21.0. The van der Waals surface area contributed by atoms with E-state index < -0.39 is 0 Å². The molecule has 0 rings (SSSR count). The SMILES string of the molecule is CC(=O)NCCC(S)CNC(C)=O. The molecule has 76 valence electrons. The van der Waals surface area contributed by atoms with Crippen LogP contribution in [0.4, 0.5) is 0 Å². The summed E-state index contributed by atoms with van der Waals surface area (Å²) in [6.45, 7) is 4.08. The second-order valence-electron chi connectivity index (χ2n) is 2.86. The number of hydrogen-bond donors (Lipinski definition) is 3. The molecule has 0 radical (unpaired) electrons. The lowest BCUT2D eigenvalue weighted by Crippen LogP contribution is -2.30. The maximum Gasteiger partial charge on any atom is 0.216 e. The fourth-order valence-electron chi connectivity index (χ4n) is 0.778. The van der Waals surface area contributed by atoms with Crippen molar-refractivity contribution in [1.82, 2.24) is 10.6 Å². The highest BCUT2D eigenvalue weighted by atomic mass is 32.1. The van der Waals surface area contributed by atoms with E-state index in [1.165, 1.54) is 13.8 Å². The lowest BCUT2D eigenvalue weighted by Gasteiger charge is -2.10. The van der Waals surface area contributed by atoms with Crippen molar-refractivity contribution >= 4 is 24.4 Å². The number of amides is 2. The highest BCUT2D eigenvalue weighted by Gasteiger charge is 2.03. The Morgan fingerprint density at radius 3 is 2.23 bits per heavy atom. The van der Waals surface area contributed by atoms with Gasteiger partial charge in [0, 0.05) is 32.2 Å². The monoisotopic (exact) mass is 204 g/mol. The normalized spacial score (nSPS) is 11.9. The average molecular weight is 204 g/mol. The third-order valence-electron chi connectivity index (χ3n) is 1.44. The van der Waals surface area contributed by atoms with Crippen LogP contribution in [-0.2, 0) is 9.59 Å². The van der Waals surface area contributed by atoms with Crippen LogP contribution in [0.15, 0.2) is 0 Å². The summed E-state index contributed by atoms with van der Waals surface area (Å²) in [5.74, 6) is -0.0985. The van der Waals surface area contributed by atoms with Crippen molar-refractivity contribution in [3.63, 3.8) is 0 Å². The van der Waals surface area contributed by atoms with Crippen LogP contribution >= 0.6 is 12.6 Å². The first-order valence-electron chi connectivity index (χ1n) is 4.19. The Kier molecular flexibility index (Phi) is 6.40. The molecule has 0 bridgehead atoms. The molecule has 1 atom stereocenters. The highest BCUT2D eigenvalue weighted by molar-refractivity contribution is 7.81. The van der Waals surface area contributed by atoms with Crippen molar-refractivity contribution in [1.29, 1.82) is 0 Å². The molecule has 0 saturated heterocycles. The molecule has 0 spiro atoms. The Morgan fingerprint density at radius 1 is 1.23 bits per heavy atom. The van der Waals surface area contributed by atoms with Gasteiger partial charge in [0.25, 0.3) is 0 Å². The molecule has 0 aliphatic carbocycles. The van der Waals surface area contributed by atoms with Crippen LogP contribution in [-0.4, -0.2) is 30.2 Å². The standard InChI is InChI=1S/C8H16N2O2S/c1-6(11)9-4-3-8(13)5-10-7(2)12/h8,13H,3-5H2,1-2H3,(H,9,11)(H,10,12). The molecule has 2 amide bonds. The Balaban J connectivity index is 3.35. The molecular formula is C8H16N2O2S. The van der Waals surface area contributed by atoms with E-state index in [0.717, 1.165) is 6.42 Å². The minimum atomic E-state index is -0.0569. The molecule has 4 nitrogen and oxygen atoms in total. The topological polar surface area (TPSA) is 58.2 Å². The van der Waals surface area contributed by atoms with Crippen molar-refractivity contribution in [3.05, 3.63) is 0 Å². The van der Waals surface area contributed by atoms with Crippen LogP contribution in [0.1, 0.15) is 20.3 Å². The first kappa shape index (κ1) is 12.3. The van der Waals surface area contributed by atoms with Crippen LogP contribution in [0.5, 0.6) is 0 Å². The minimum Gasteiger partial charge on any atom is -0.356 e. The second-order valence-corrected chi connectivity index (χ2v) is 3.59. The van der Waals surface area contributed by atoms with E-state index in [0.29, 0.717) is 13.1 Å². The molecule has 13 heavy (non-hydrogen) atoms. The summed E-state index contributed by atoms with van der Waals surface area (Å²) in [5.41, 5.74) is 0. The van der Waals surface area contributed by atoms with Gasteiger partial charge in [-0.25, -0.2) is 0 Å². The van der Waals surface area contributed by atoms with Crippen LogP contribution in [0, 0.1) is 0 Å². The van der Waals surface area contributed by atoms with E-state index >= 15 is 0 Å². The Bertz CT molecular complexity index is 185. The summed E-state index contributed by atoms with van der Waals surface area (Å²) in [5, 5.41) is 5.41. The number of thiol groups is 1. The van der Waals surface area contributed by atoms with Crippen molar-refractivity contribution in [2.24, 2.45) is 0 Å². The van der Waals surface area contributed by atoms with Crippen molar-refractivity contribution < 1.29 is 9.59 Å². The molecule has 1 unspecified atom stereocenters. The lowest BCUT2D eigenvalue weighted by molar-refractivity contribution is -0.120. The fourth-order valence-corrected chi connectivity index (χ4v) is 0.999. The molecule has 2 N–H and O–H groups in total. The summed E-state index contributed by atoms with van der Waals surface area (Å²) in [7, 11) is 0. The van der Waals surface area contributed by atoms with Crippen molar-refractivity contribution in [3.8, 4) is 0 Å². The highest BCUT2D eigenvalue weighted by Crippen LogP contribution is 1.97. The van der Waals surface area contributed by atoms with Crippen LogP contribution in [0.2, 0.25) is 0 Å². The third-order valence-corrected chi connectivity index (χ3v) is 1.88. The van der Waals surface area contributed by atoms with Gasteiger partial charge in [-0.1, -0.05) is 0 Å². The molecule has 0 fully saturated rings. The molecule has 0 aliphatic heterocycles. The van der Waals surface area contributed by atoms with Gasteiger partial charge in [0.15, 0.2) is 0 Å². The smallest absolute Gasteiger partial charge is 0.216 e. The first-order chi connectivity index (χ1) is 6.02. The maximum atomic E-state index is 10.5. The minimum absolute atomic E-state index is 0.0416. The van der Waals surface area contributed by atoms with Crippen LogP contribution in [0.3, 0.4) is 0 Å². The summed E-state index contributed by atoms with van der Waals surface area (Å²) in [6, 6.07) is 0. The van der Waals surface area contributed by atoms with E-state index in [2.05, 4.69) is 23.3 Å². The Labute approximate surface area is 83.9 Å². The molecular weight excluding hydrogens is 188 g/mol. The zero-order valence-corrected chi connectivity index (χ0v) is 8.86. The Morgan fingerprint density at radius 2 is 1.77 bits per heavy atom. The van der Waals surface area contributed by atoms with Gasteiger partial charge in [0.1, 0.15) is 0 Å². The van der Waals surface area contributed by atoms with Gasteiger partial charge in [-0.3, -0.25) is 9.59 Å². The van der Waals surface area contributed by atoms with Gasteiger partial charge in [-0.15, -0.1) is 0 Å². The van der Waals surface area contributed by atoms with E-state index in [1.807, 2.05) is 0 Å². The van der Waals surface area contributed by atoms with Crippen molar-refractivity contribution in [2.75, 3.05) is 13.1 Å². The molecule has 5 heteroatoms. The van der Waals surface area contributed by atoms with E-state index in [9.17, 15) is 9.59 Å². The molecule has 0 saturated carbocycles. The zero-order chi connectivity index (χ0) is 10.3. The number of carbonyl (C=O) groups is 2. The molecule has 0 heterocycles. The number of hydrogen-bond acceptors (Lipinski definition) is 3.